The van der Waals surface area contributed by atoms with Crippen molar-refractivity contribution in [3.8, 4) is 0 Å². The van der Waals surface area contributed by atoms with E-state index in [1.54, 1.807) is 0 Å². The summed E-state index contributed by atoms with van der Waals surface area (Å²) in [4.78, 5) is 13.1. The first-order chi connectivity index (χ1) is 16.2. The molecule has 0 aliphatic heterocycles. The number of nitrogens with one attached hydrogen (secondary N) is 1. The van der Waals surface area contributed by atoms with Gasteiger partial charge >= 0.3 is 0 Å². The van der Waals surface area contributed by atoms with Crippen molar-refractivity contribution in [1.29, 1.82) is 0 Å². The SMILES string of the molecule is O=C(CC(c1ccccc1)c1ccccc1)Nc1ccc(C23CC4CC(CC(C4)C2)C3)cc1. The van der Waals surface area contributed by atoms with Crippen LogP contribution in [0.4, 0.5) is 5.69 Å². The summed E-state index contributed by atoms with van der Waals surface area (Å²) in [6.45, 7) is 0. The van der Waals surface area contributed by atoms with Gasteiger partial charge in [0.05, 0.1) is 0 Å². The number of hydrogen-bond acceptors (Lipinski definition) is 1. The Morgan fingerprint density at radius 1 is 0.727 bits per heavy atom. The number of amides is 1. The Balaban J connectivity index is 1.17. The minimum absolute atomic E-state index is 0.0544. The highest BCUT2D eigenvalue weighted by Gasteiger charge is 2.51. The van der Waals surface area contributed by atoms with Crippen molar-refractivity contribution >= 4 is 11.6 Å². The maximum atomic E-state index is 13.1. The van der Waals surface area contributed by atoms with Crippen LogP contribution in [0.2, 0.25) is 0 Å². The second-order valence-corrected chi connectivity index (χ2v) is 10.9. The molecule has 0 unspecified atom stereocenters. The van der Waals surface area contributed by atoms with E-state index in [-0.39, 0.29) is 11.8 Å². The van der Waals surface area contributed by atoms with Crippen LogP contribution < -0.4 is 5.32 Å². The minimum atomic E-state index is 0.0544. The Morgan fingerprint density at radius 3 is 1.70 bits per heavy atom. The Morgan fingerprint density at radius 2 is 1.21 bits per heavy atom. The van der Waals surface area contributed by atoms with Crippen molar-refractivity contribution in [2.45, 2.75) is 56.3 Å². The molecular weight excluding hydrogens is 402 g/mol. The lowest BCUT2D eigenvalue weighted by molar-refractivity contribution is -0.116. The van der Waals surface area contributed by atoms with Gasteiger partial charge in [-0.15, -0.1) is 0 Å². The van der Waals surface area contributed by atoms with Gasteiger partial charge in [-0.25, -0.2) is 0 Å². The quantitative estimate of drug-likeness (QED) is 0.432. The van der Waals surface area contributed by atoms with Gasteiger partial charge < -0.3 is 5.32 Å². The number of anilines is 1. The van der Waals surface area contributed by atoms with Gasteiger partial charge in [0.1, 0.15) is 0 Å². The smallest absolute Gasteiger partial charge is 0.225 e. The van der Waals surface area contributed by atoms with Gasteiger partial charge in [0.15, 0.2) is 0 Å². The van der Waals surface area contributed by atoms with Crippen molar-refractivity contribution in [2.24, 2.45) is 17.8 Å². The third-order valence-corrected chi connectivity index (χ3v) is 8.61. The summed E-state index contributed by atoms with van der Waals surface area (Å²) in [5, 5.41) is 3.17. The topological polar surface area (TPSA) is 29.1 Å². The lowest BCUT2D eigenvalue weighted by atomic mass is 9.48. The maximum absolute atomic E-state index is 13.1. The normalized spacial score (nSPS) is 27.6. The van der Waals surface area contributed by atoms with Gasteiger partial charge in [-0.3, -0.25) is 4.79 Å². The molecule has 3 aromatic rings. The van der Waals surface area contributed by atoms with E-state index in [0.29, 0.717) is 11.8 Å². The number of rotatable bonds is 6. The van der Waals surface area contributed by atoms with Gasteiger partial charge in [0.25, 0.3) is 0 Å². The van der Waals surface area contributed by atoms with Crippen molar-refractivity contribution < 1.29 is 4.79 Å². The van der Waals surface area contributed by atoms with Gasteiger partial charge in [-0.05, 0) is 90.5 Å². The van der Waals surface area contributed by atoms with E-state index in [0.717, 1.165) is 23.4 Å². The average molecular weight is 436 g/mol. The predicted octanol–water partition coefficient (Wildman–Crippen LogP) is 7.32. The van der Waals surface area contributed by atoms with E-state index in [1.165, 1.54) is 55.2 Å². The van der Waals surface area contributed by atoms with Crippen LogP contribution >= 0.6 is 0 Å². The molecule has 1 N–H and O–H groups in total. The standard InChI is InChI=1S/C31H33NO/c33-30(18-29(25-7-3-1-4-8-25)26-9-5-2-6-10-26)32-28-13-11-27(12-14-28)31-19-22-15-23(20-31)17-24(16-22)21-31/h1-14,22-24,29H,15-21H2,(H,32,33). The summed E-state index contributed by atoms with van der Waals surface area (Å²) >= 11 is 0. The van der Waals surface area contributed by atoms with E-state index in [2.05, 4.69) is 53.8 Å². The van der Waals surface area contributed by atoms with Crippen molar-refractivity contribution in [3.63, 3.8) is 0 Å². The molecule has 3 aromatic carbocycles. The highest BCUT2D eigenvalue weighted by Crippen LogP contribution is 2.60. The molecule has 0 heterocycles. The van der Waals surface area contributed by atoms with Gasteiger partial charge in [0, 0.05) is 18.0 Å². The fourth-order valence-corrected chi connectivity index (χ4v) is 7.57. The Hall–Kier alpha value is -2.87. The molecule has 0 radical (unpaired) electrons. The summed E-state index contributed by atoms with van der Waals surface area (Å²) in [5.41, 5.74) is 5.18. The first-order valence-electron chi connectivity index (χ1n) is 12.7. The zero-order chi connectivity index (χ0) is 22.3. The molecule has 0 aromatic heterocycles. The molecular formula is C31H33NO. The summed E-state index contributed by atoms with van der Waals surface area (Å²) in [7, 11) is 0. The zero-order valence-corrected chi connectivity index (χ0v) is 19.3. The number of carbonyl (C=O) groups excluding carboxylic acids is 1. The van der Waals surface area contributed by atoms with Crippen LogP contribution in [0.3, 0.4) is 0 Å². The van der Waals surface area contributed by atoms with E-state index < -0.39 is 0 Å². The van der Waals surface area contributed by atoms with Crippen molar-refractivity contribution in [3.05, 3.63) is 102 Å². The molecule has 2 heteroatoms. The second kappa shape index (κ2) is 8.48. The third kappa shape index (κ3) is 4.12. The Kier molecular flexibility index (Phi) is 5.32. The van der Waals surface area contributed by atoms with Crippen LogP contribution in [0.15, 0.2) is 84.9 Å². The second-order valence-electron chi connectivity index (χ2n) is 10.9. The minimum Gasteiger partial charge on any atom is -0.326 e. The van der Waals surface area contributed by atoms with Crippen LogP contribution in [0, 0.1) is 17.8 Å². The molecule has 33 heavy (non-hydrogen) atoms. The van der Waals surface area contributed by atoms with E-state index in [9.17, 15) is 4.79 Å². The average Bonchev–Trinajstić information content (AvgIpc) is 2.83. The van der Waals surface area contributed by atoms with Crippen molar-refractivity contribution in [2.75, 3.05) is 5.32 Å². The predicted molar refractivity (Wildman–Crippen MR) is 134 cm³/mol. The van der Waals surface area contributed by atoms with E-state index in [1.807, 2.05) is 36.4 Å². The molecule has 4 aliphatic rings. The molecule has 168 valence electrons. The van der Waals surface area contributed by atoms with Crippen LogP contribution in [0.25, 0.3) is 0 Å². The fourth-order valence-electron chi connectivity index (χ4n) is 7.57. The summed E-state index contributed by atoms with van der Waals surface area (Å²) in [6, 6.07) is 29.6. The maximum Gasteiger partial charge on any atom is 0.225 e. The molecule has 4 aliphatic carbocycles. The van der Waals surface area contributed by atoms with Crippen molar-refractivity contribution in [1.82, 2.24) is 0 Å². The van der Waals surface area contributed by atoms with E-state index >= 15 is 0 Å². The molecule has 0 spiro atoms. The molecule has 0 saturated heterocycles. The highest BCUT2D eigenvalue weighted by molar-refractivity contribution is 5.91. The molecule has 0 atom stereocenters. The molecule has 2 nitrogen and oxygen atoms in total. The van der Waals surface area contributed by atoms with Gasteiger partial charge in [-0.2, -0.15) is 0 Å². The van der Waals surface area contributed by atoms with E-state index in [4.69, 9.17) is 0 Å². The van der Waals surface area contributed by atoms with Crippen LogP contribution in [0.1, 0.15) is 67.6 Å². The Bertz CT molecular complexity index is 1030. The summed E-state index contributed by atoms with van der Waals surface area (Å²) in [6.07, 6.45) is 8.97. The molecule has 1 amide bonds. The monoisotopic (exact) mass is 435 g/mol. The summed E-state index contributed by atoms with van der Waals surface area (Å²) < 4.78 is 0. The number of carbonyl (C=O) groups is 1. The van der Waals surface area contributed by atoms with Gasteiger partial charge in [-0.1, -0.05) is 72.8 Å². The number of hydrogen-bond donors (Lipinski definition) is 1. The van der Waals surface area contributed by atoms with Gasteiger partial charge in [0.2, 0.25) is 5.91 Å². The number of benzene rings is 3. The lowest BCUT2D eigenvalue weighted by Gasteiger charge is -2.57. The van der Waals surface area contributed by atoms with Crippen LogP contribution in [-0.4, -0.2) is 5.91 Å². The van der Waals surface area contributed by atoms with Crippen LogP contribution in [0.5, 0.6) is 0 Å². The highest BCUT2D eigenvalue weighted by atomic mass is 16.1. The molecule has 7 rings (SSSR count). The first-order valence-corrected chi connectivity index (χ1v) is 12.7. The molecule has 4 bridgehead atoms. The van der Waals surface area contributed by atoms with Crippen LogP contribution in [-0.2, 0) is 10.2 Å². The molecule has 4 saturated carbocycles. The lowest BCUT2D eigenvalue weighted by Crippen LogP contribution is -2.48. The third-order valence-electron chi connectivity index (χ3n) is 8.61. The first kappa shape index (κ1) is 20.7. The zero-order valence-electron chi connectivity index (χ0n) is 19.3. The largest absolute Gasteiger partial charge is 0.326 e. The summed E-state index contributed by atoms with van der Waals surface area (Å²) in [5.74, 6) is 2.96. The molecule has 4 fully saturated rings. The fraction of sp³-hybridized carbons (Fsp3) is 0.387. The Labute approximate surface area is 197 Å².